The number of halogens is 3. The molecule has 1 saturated heterocycles. The number of carbonyl (C=O) groups excluding carboxylic acids is 1. The summed E-state index contributed by atoms with van der Waals surface area (Å²) < 4.78 is 41.2. The molecule has 0 unspecified atom stereocenters. The van der Waals surface area contributed by atoms with Crippen LogP contribution >= 0.6 is 0 Å². The number of nitrogens with one attached hydrogen (secondary N) is 2. The first kappa shape index (κ1) is 16.6. The molecule has 0 saturated carbocycles. The Morgan fingerprint density at radius 3 is 2.64 bits per heavy atom. The molecule has 122 valence electrons. The fourth-order valence-electron chi connectivity index (χ4n) is 2.38. The second-order valence-electron chi connectivity index (χ2n) is 5.40. The Hall–Kier alpha value is -1.76. The van der Waals surface area contributed by atoms with Crippen molar-refractivity contribution < 1.29 is 22.7 Å². The van der Waals surface area contributed by atoms with Gasteiger partial charge in [0.1, 0.15) is 5.75 Å². The van der Waals surface area contributed by atoms with Crippen LogP contribution in [-0.2, 0) is 4.79 Å². The van der Waals surface area contributed by atoms with Crippen LogP contribution in [-0.4, -0.2) is 31.8 Å². The minimum atomic E-state index is -4.37. The fourth-order valence-corrected chi connectivity index (χ4v) is 2.38. The van der Waals surface area contributed by atoms with Crippen LogP contribution in [0, 0.1) is 12.8 Å². The van der Waals surface area contributed by atoms with Gasteiger partial charge in [-0.25, -0.2) is 0 Å². The molecule has 0 aliphatic carbocycles. The molecule has 2 N–H and O–H groups in total. The van der Waals surface area contributed by atoms with E-state index in [1.807, 2.05) is 0 Å². The summed E-state index contributed by atoms with van der Waals surface area (Å²) in [6.45, 7) is 1.96. The van der Waals surface area contributed by atoms with Crippen LogP contribution in [0.25, 0.3) is 0 Å². The number of carbonyl (C=O) groups is 1. The van der Waals surface area contributed by atoms with Crippen molar-refractivity contribution in [3.05, 3.63) is 23.8 Å². The van der Waals surface area contributed by atoms with Gasteiger partial charge in [0.05, 0.1) is 0 Å². The number of alkyl halides is 3. The third-order valence-electron chi connectivity index (χ3n) is 3.54. The highest BCUT2D eigenvalue weighted by Gasteiger charge is 2.28. The van der Waals surface area contributed by atoms with Gasteiger partial charge in [-0.3, -0.25) is 4.79 Å². The molecule has 0 atom stereocenters. The van der Waals surface area contributed by atoms with Crippen molar-refractivity contribution in [2.45, 2.75) is 25.9 Å². The molecule has 1 fully saturated rings. The number of benzene rings is 1. The lowest BCUT2D eigenvalue weighted by molar-refractivity contribution is -0.153. The van der Waals surface area contributed by atoms with Gasteiger partial charge in [0.25, 0.3) is 0 Å². The van der Waals surface area contributed by atoms with E-state index in [9.17, 15) is 18.0 Å². The Labute approximate surface area is 127 Å². The predicted molar refractivity (Wildman–Crippen MR) is 77.0 cm³/mol. The molecule has 1 amide bonds. The topological polar surface area (TPSA) is 50.4 Å². The largest absolute Gasteiger partial charge is 0.484 e. The van der Waals surface area contributed by atoms with Gasteiger partial charge < -0.3 is 15.4 Å². The van der Waals surface area contributed by atoms with Gasteiger partial charge in [-0.05, 0) is 56.6 Å². The summed E-state index contributed by atoms with van der Waals surface area (Å²) in [4.78, 5) is 12.1. The van der Waals surface area contributed by atoms with Gasteiger partial charge in [0.2, 0.25) is 5.91 Å². The molecule has 1 heterocycles. The Morgan fingerprint density at radius 2 is 2.05 bits per heavy atom. The zero-order valence-corrected chi connectivity index (χ0v) is 12.3. The van der Waals surface area contributed by atoms with Crippen LogP contribution in [0.1, 0.15) is 18.4 Å². The molecular formula is C15H19F3N2O2. The van der Waals surface area contributed by atoms with E-state index in [0.717, 1.165) is 25.9 Å². The molecule has 0 bridgehead atoms. The van der Waals surface area contributed by atoms with Crippen molar-refractivity contribution in [1.82, 2.24) is 5.32 Å². The maximum atomic E-state index is 12.1. The molecule has 7 heteroatoms. The number of aryl methyl sites for hydroxylation is 1. The Kier molecular flexibility index (Phi) is 5.28. The van der Waals surface area contributed by atoms with Crippen molar-refractivity contribution in [2.24, 2.45) is 5.92 Å². The van der Waals surface area contributed by atoms with Crippen molar-refractivity contribution >= 4 is 11.6 Å². The van der Waals surface area contributed by atoms with Crippen LogP contribution < -0.4 is 15.4 Å². The van der Waals surface area contributed by atoms with E-state index in [-0.39, 0.29) is 17.6 Å². The Balaban J connectivity index is 1.95. The van der Waals surface area contributed by atoms with Gasteiger partial charge in [0, 0.05) is 11.6 Å². The van der Waals surface area contributed by atoms with Gasteiger partial charge in [-0.1, -0.05) is 0 Å². The third kappa shape index (κ3) is 4.91. The highest BCUT2D eigenvalue weighted by molar-refractivity contribution is 5.92. The smallest absolute Gasteiger partial charge is 0.422 e. The van der Waals surface area contributed by atoms with Crippen molar-refractivity contribution in [2.75, 3.05) is 25.0 Å². The van der Waals surface area contributed by atoms with Crippen molar-refractivity contribution in [3.8, 4) is 5.75 Å². The van der Waals surface area contributed by atoms with Crippen molar-refractivity contribution in [1.29, 1.82) is 0 Å². The molecule has 1 aliphatic rings. The second-order valence-corrected chi connectivity index (χ2v) is 5.40. The standard InChI is InChI=1S/C15H19F3N2O2/c1-10-8-12(2-3-13(10)22-9-15(16,17)18)20-14(21)11-4-6-19-7-5-11/h2-3,8,11,19H,4-7,9H2,1H3,(H,20,21). The van der Waals surface area contributed by atoms with Gasteiger partial charge in [-0.2, -0.15) is 13.2 Å². The number of hydrogen-bond acceptors (Lipinski definition) is 3. The SMILES string of the molecule is Cc1cc(NC(=O)C2CCNCC2)ccc1OCC(F)(F)F. The minimum Gasteiger partial charge on any atom is -0.484 e. The first-order valence-electron chi connectivity index (χ1n) is 7.17. The first-order chi connectivity index (χ1) is 10.3. The van der Waals surface area contributed by atoms with Crippen LogP contribution in [0.3, 0.4) is 0 Å². The van der Waals surface area contributed by atoms with Crippen LogP contribution in [0.4, 0.5) is 18.9 Å². The van der Waals surface area contributed by atoms with E-state index >= 15 is 0 Å². The van der Waals surface area contributed by atoms with Gasteiger partial charge in [0.15, 0.2) is 6.61 Å². The quantitative estimate of drug-likeness (QED) is 0.898. The molecule has 1 aromatic carbocycles. The average Bonchev–Trinajstić information content (AvgIpc) is 2.46. The summed E-state index contributed by atoms with van der Waals surface area (Å²) in [6, 6.07) is 4.61. The average molecular weight is 316 g/mol. The van der Waals surface area contributed by atoms with Gasteiger partial charge >= 0.3 is 6.18 Å². The molecule has 0 aromatic heterocycles. The summed E-state index contributed by atoms with van der Waals surface area (Å²) in [5.41, 5.74) is 1.12. The summed E-state index contributed by atoms with van der Waals surface area (Å²) in [6.07, 6.45) is -2.79. The number of ether oxygens (including phenoxy) is 1. The Bertz CT molecular complexity index is 526. The molecule has 1 aliphatic heterocycles. The summed E-state index contributed by atoms with van der Waals surface area (Å²) in [5, 5.41) is 6.00. The maximum Gasteiger partial charge on any atom is 0.422 e. The number of anilines is 1. The number of piperidine rings is 1. The van der Waals surface area contributed by atoms with Crippen LogP contribution in [0.2, 0.25) is 0 Å². The number of hydrogen-bond donors (Lipinski definition) is 2. The summed E-state index contributed by atoms with van der Waals surface area (Å²) in [7, 11) is 0. The maximum absolute atomic E-state index is 12.1. The van der Waals surface area contributed by atoms with E-state index in [2.05, 4.69) is 10.6 Å². The van der Waals surface area contributed by atoms with E-state index in [4.69, 9.17) is 4.74 Å². The highest BCUT2D eigenvalue weighted by atomic mass is 19.4. The predicted octanol–water partition coefficient (Wildman–Crippen LogP) is 2.87. The molecule has 0 spiro atoms. The summed E-state index contributed by atoms with van der Waals surface area (Å²) >= 11 is 0. The molecule has 4 nitrogen and oxygen atoms in total. The molecular weight excluding hydrogens is 297 g/mol. The number of amides is 1. The monoisotopic (exact) mass is 316 g/mol. The van der Waals surface area contributed by atoms with Crippen LogP contribution in [0.5, 0.6) is 5.75 Å². The highest BCUT2D eigenvalue weighted by Crippen LogP contribution is 2.25. The molecule has 1 aromatic rings. The van der Waals surface area contributed by atoms with Crippen molar-refractivity contribution in [3.63, 3.8) is 0 Å². The lowest BCUT2D eigenvalue weighted by atomic mass is 9.97. The normalized spacial score (nSPS) is 16.4. The number of rotatable bonds is 4. The lowest BCUT2D eigenvalue weighted by Crippen LogP contribution is -2.34. The van der Waals surface area contributed by atoms with E-state index in [1.165, 1.54) is 6.07 Å². The zero-order valence-electron chi connectivity index (χ0n) is 12.3. The Morgan fingerprint density at radius 1 is 1.36 bits per heavy atom. The molecule has 2 rings (SSSR count). The summed E-state index contributed by atoms with van der Waals surface area (Å²) in [5.74, 6) is 0.0877. The van der Waals surface area contributed by atoms with E-state index in [0.29, 0.717) is 11.3 Å². The second kappa shape index (κ2) is 7.00. The minimum absolute atomic E-state index is 0.0253. The van der Waals surface area contributed by atoms with Gasteiger partial charge in [-0.15, -0.1) is 0 Å². The van der Waals surface area contributed by atoms with E-state index in [1.54, 1.807) is 19.1 Å². The fraction of sp³-hybridized carbons (Fsp3) is 0.533. The third-order valence-corrected chi connectivity index (χ3v) is 3.54. The van der Waals surface area contributed by atoms with Crippen LogP contribution in [0.15, 0.2) is 18.2 Å². The lowest BCUT2D eigenvalue weighted by Gasteiger charge is -2.22. The van der Waals surface area contributed by atoms with E-state index < -0.39 is 12.8 Å². The zero-order chi connectivity index (χ0) is 16.2. The first-order valence-corrected chi connectivity index (χ1v) is 7.17. The molecule has 22 heavy (non-hydrogen) atoms. The molecule has 0 radical (unpaired) electrons.